The van der Waals surface area contributed by atoms with Crippen molar-refractivity contribution in [2.45, 2.75) is 26.2 Å². The molecule has 0 aliphatic heterocycles. The molecule has 1 N–H and O–H groups in total. The van der Waals surface area contributed by atoms with E-state index < -0.39 is 6.10 Å². The fourth-order valence-electron chi connectivity index (χ4n) is 2.68. The number of hydrogen-bond acceptors (Lipinski definition) is 4. The Balaban J connectivity index is 1.67. The number of aliphatic hydroxyl groups is 1. The Morgan fingerprint density at radius 1 is 1.20 bits per heavy atom. The van der Waals surface area contributed by atoms with E-state index in [0.717, 1.165) is 5.56 Å². The van der Waals surface area contributed by atoms with E-state index in [0.29, 0.717) is 28.4 Å². The number of aryl methyl sites for hydroxylation is 1. The number of halogens is 1. The SMILES string of the molecule is Cc1nc2ccccc2c(=O)n1CC(O)COCc1ccccc1Cl. The summed E-state index contributed by atoms with van der Waals surface area (Å²) in [7, 11) is 0. The summed E-state index contributed by atoms with van der Waals surface area (Å²) in [5.41, 5.74) is 1.36. The zero-order valence-electron chi connectivity index (χ0n) is 13.9. The molecule has 1 atom stereocenters. The van der Waals surface area contributed by atoms with Crippen LogP contribution in [-0.4, -0.2) is 27.4 Å². The molecule has 0 saturated heterocycles. The number of nitrogens with zero attached hydrogens (tertiary/aromatic N) is 2. The summed E-state index contributed by atoms with van der Waals surface area (Å²) in [5.74, 6) is 0.564. The highest BCUT2D eigenvalue weighted by molar-refractivity contribution is 6.31. The Labute approximate surface area is 150 Å². The van der Waals surface area contributed by atoms with Gasteiger partial charge in [-0.3, -0.25) is 9.36 Å². The van der Waals surface area contributed by atoms with Gasteiger partial charge >= 0.3 is 0 Å². The molecule has 0 fully saturated rings. The standard InChI is InChI=1S/C19H19ClN2O3/c1-13-21-18-9-5-3-7-16(18)19(24)22(13)10-15(23)12-25-11-14-6-2-4-8-17(14)20/h2-9,15,23H,10-12H2,1H3. The molecular formula is C19H19ClN2O3. The fraction of sp³-hybridized carbons (Fsp3) is 0.263. The fourth-order valence-corrected chi connectivity index (χ4v) is 2.87. The minimum atomic E-state index is -0.818. The van der Waals surface area contributed by atoms with Crippen LogP contribution >= 0.6 is 11.6 Å². The molecule has 1 heterocycles. The van der Waals surface area contributed by atoms with E-state index in [4.69, 9.17) is 16.3 Å². The van der Waals surface area contributed by atoms with Crippen LogP contribution in [-0.2, 0) is 17.9 Å². The summed E-state index contributed by atoms with van der Waals surface area (Å²) >= 11 is 6.07. The average molecular weight is 359 g/mol. The molecule has 3 aromatic rings. The van der Waals surface area contributed by atoms with E-state index in [2.05, 4.69) is 4.98 Å². The highest BCUT2D eigenvalue weighted by Crippen LogP contribution is 2.15. The smallest absolute Gasteiger partial charge is 0.261 e. The van der Waals surface area contributed by atoms with Gasteiger partial charge in [0.1, 0.15) is 5.82 Å². The Bertz CT molecular complexity index is 939. The third-order valence-corrected chi connectivity index (χ3v) is 4.34. The van der Waals surface area contributed by atoms with E-state index in [1.807, 2.05) is 24.3 Å². The Hall–Kier alpha value is -2.21. The molecule has 0 bridgehead atoms. The van der Waals surface area contributed by atoms with Gasteiger partial charge in [0, 0.05) is 5.02 Å². The molecule has 0 aliphatic carbocycles. The number of aromatic nitrogens is 2. The molecule has 3 rings (SSSR count). The molecule has 6 heteroatoms. The summed E-state index contributed by atoms with van der Waals surface area (Å²) in [4.78, 5) is 17.0. The number of benzene rings is 2. The second-order valence-electron chi connectivity index (χ2n) is 5.85. The van der Waals surface area contributed by atoms with Crippen LogP contribution in [0.3, 0.4) is 0 Å². The van der Waals surface area contributed by atoms with Crippen molar-refractivity contribution in [3.63, 3.8) is 0 Å². The first-order valence-corrected chi connectivity index (χ1v) is 8.39. The molecule has 0 aliphatic rings. The van der Waals surface area contributed by atoms with Gasteiger partial charge in [0.25, 0.3) is 5.56 Å². The molecule has 1 aromatic heterocycles. The van der Waals surface area contributed by atoms with Crippen molar-refractivity contribution in [1.29, 1.82) is 0 Å². The van der Waals surface area contributed by atoms with Gasteiger partial charge in [-0.05, 0) is 30.7 Å². The van der Waals surface area contributed by atoms with Gasteiger partial charge in [0.15, 0.2) is 0 Å². The lowest BCUT2D eigenvalue weighted by molar-refractivity contribution is 0.0196. The zero-order valence-corrected chi connectivity index (χ0v) is 14.6. The minimum absolute atomic E-state index is 0.101. The van der Waals surface area contributed by atoms with Crippen LogP contribution in [0.1, 0.15) is 11.4 Å². The number of aliphatic hydroxyl groups excluding tert-OH is 1. The second kappa shape index (κ2) is 7.78. The topological polar surface area (TPSA) is 64.4 Å². The number of fused-ring (bicyclic) bond motifs is 1. The Morgan fingerprint density at radius 3 is 2.72 bits per heavy atom. The maximum absolute atomic E-state index is 12.6. The molecule has 2 aromatic carbocycles. The van der Waals surface area contributed by atoms with E-state index in [1.54, 1.807) is 31.2 Å². The van der Waals surface area contributed by atoms with Gasteiger partial charge in [-0.25, -0.2) is 4.98 Å². The predicted octanol–water partition coefficient (Wildman–Crippen LogP) is 2.94. The lowest BCUT2D eigenvalue weighted by Crippen LogP contribution is -2.31. The lowest BCUT2D eigenvalue weighted by Gasteiger charge is -2.16. The normalized spacial score (nSPS) is 12.4. The number of para-hydroxylation sites is 1. The van der Waals surface area contributed by atoms with E-state index in [9.17, 15) is 9.90 Å². The van der Waals surface area contributed by atoms with Crippen molar-refractivity contribution < 1.29 is 9.84 Å². The quantitative estimate of drug-likeness (QED) is 0.735. The van der Waals surface area contributed by atoms with Crippen molar-refractivity contribution in [2.75, 3.05) is 6.61 Å². The predicted molar refractivity (Wildman–Crippen MR) is 97.9 cm³/mol. The van der Waals surface area contributed by atoms with Crippen LogP contribution in [0.5, 0.6) is 0 Å². The first-order valence-electron chi connectivity index (χ1n) is 8.01. The Kier molecular flexibility index (Phi) is 5.48. The maximum atomic E-state index is 12.6. The van der Waals surface area contributed by atoms with E-state index >= 15 is 0 Å². The minimum Gasteiger partial charge on any atom is -0.389 e. The molecule has 25 heavy (non-hydrogen) atoms. The van der Waals surface area contributed by atoms with Crippen LogP contribution in [0.2, 0.25) is 5.02 Å². The first kappa shape index (κ1) is 17.6. The van der Waals surface area contributed by atoms with Crippen LogP contribution in [0.4, 0.5) is 0 Å². The number of ether oxygens (including phenoxy) is 1. The number of hydrogen-bond donors (Lipinski definition) is 1. The van der Waals surface area contributed by atoms with Crippen LogP contribution < -0.4 is 5.56 Å². The average Bonchev–Trinajstić information content (AvgIpc) is 2.60. The lowest BCUT2D eigenvalue weighted by atomic mass is 10.2. The molecule has 0 saturated carbocycles. The molecule has 1 unspecified atom stereocenters. The van der Waals surface area contributed by atoms with Crippen molar-refractivity contribution in [1.82, 2.24) is 9.55 Å². The van der Waals surface area contributed by atoms with Crippen LogP contribution in [0.15, 0.2) is 53.3 Å². The maximum Gasteiger partial charge on any atom is 0.261 e. The molecule has 0 radical (unpaired) electrons. The zero-order chi connectivity index (χ0) is 17.8. The summed E-state index contributed by atoms with van der Waals surface area (Å²) in [6, 6.07) is 14.6. The first-order chi connectivity index (χ1) is 12.1. The van der Waals surface area contributed by atoms with Crippen LogP contribution in [0, 0.1) is 6.92 Å². The van der Waals surface area contributed by atoms with E-state index in [1.165, 1.54) is 4.57 Å². The third kappa shape index (κ3) is 4.07. The molecular weight excluding hydrogens is 340 g/mol. The van der Waals surface area contributed by atoms with Crippen LogP contribution in [0.25, 0.3) is 10.9 Å². The monoisotopic (exact) mass is 358 g/mol. The van der Waals surface area contributed by atoms with Gasteiger partial charge in [-0.2, -0.15) is 0 Å². The van der Waals surface area contributed by atoms with E-state index in [-0.39, 0.29) is 18.7 Å². The largest absolute Gasteiger partial charge is 0.389 e. The van der Waals surface area contributed by atoms with Crippen molar-refractivity contribution in [3.05, 3.63) is 75.3 Å². The van der Waals surface area contributed by atoms with Gasteiger partial charge in [0.2, 0.25) is 0 Å². The van der Waals surface area contributed by atoms with Gasteiger partial charge in [-0.1, -0.05) is 41.9 Å². The summed E-state index contributed by atoms with van der Waals surface area (Å²) in [6.45, 7) is 2.29. The molecule has 5 nitrogen and oxygen atoms in total. The van der Waals surface area contributed by atoms with Gasteiger partial charge < -0.3 is 9.84 Å². The molecule has 0 spiro atoms. The van der Waals surface area contributed by atoms with Gasteiger partial charge in [0.05, 0.1) is 36.8 Å². The third-order valence-electron chi connectivity index (χ3n) is 3.97. The summed E-state index contributed by atoms with van der Waals surface area (Å²) < 4.78 is 7.01. The van der Waals surface area contributed by atoms with Crippen molar-refractivity contribution in [2.24, 2.45) is 0 Å². The highest BCUT2D eigenvalue weighted by Gasteiger charge is 2.12. The highest BCUT2D eigenvalue weighted by atomic mass is 35.5. The van der Waals surface area contributed by atoms with Gasteiger partial charge in [-0.15, -0.1) is 0 Å². The van der Waals surface area contributed by atoms with Crippen molar-refractivity contribution in [3.8, 4) is 0 Å². The molecule has 130 valence electrons. The second-order valence-corrected chi connectivity index (χ2v) is 6.26. The van der Waals surface area contributed by atoms with Crippen molar-refractivity contribution >= 4 is 22.5 Å². The number of rotatable bonds is 6. The summed E-state index contributed by atoms with van der Waals surface area (Å²) in [6.07, 6.45) is -0.818. The molecule has 0 amide bonds. The summed E-state index contributed by atoms with van der Waals surface area (Å²) in [5, 5.41) is 11.4. The Morgan fingerprint density at radius 2 is 1.92 bits per heavy atom.